The fourth-order valence-electron chi connectivity index (χ4n) is 4.12. The van der Waals surface area contributed by atoms with E-state index in [4.69, 9.17) is 4.74 Å². The Balaban J connectivity index is 1.38. The van der Waals surface area contributed by atoms with Gasteiger partial charge in [0.15, 0.2) is 0 Å². The molecular weight excluding hydrogens is 361 g/mol. The minimum absolute atomic E-state index is 0.0774. The molecule has 0 radical (unpaired) electrons. The minimum atomic E-state index is -4.40. The molecule has 1 amide bonds. The highest BCUT2D eigenvalue weighted by atomic mass is 19.4. The number of piperidine rings is 1. The molecule has 6 nitrogen and oxygen atoms in total. The van der Waals surface area contributed by atoms with Crippen LogP contribution in [0.15, 0.2) is 18.3 Å². The molecule has 27 heavy (non-hydrogen) atoms. The Hall–Kier alpha value is -2.03. The first-order valence-corrected chi connectivity index (χ1v) is 9.39. The molecule has 4 heterocycles. The first-order chi connectivity index (χ1) is 12.9. The van der Waals surface area contributed by atoms with Gasteiger partial charge in [0, 0.05) is 25.8 Å². The van der Waals surface area contributed by atoms with Gasteiger partial charge >= 0.3 is 12.3 Å². The van der Waals surface area contributed by atoms with Crippen molar-refractivity contribution in [3.05, 3.63) is 23.9 Å². The second-order valence-corrected chi connectivity index (χ2v) is 7.39. The Labute approximate surface area is 155 Å². The van der Waals surface area contributed by atoms with E-state index >= 15 is 0 Å². The van der Waals surface area contributed by atoms with Gasteiger partial charge in [-0.15, -0.1) is 0 Å². The third-order valence-electron chi connectivity index (χ3n) is 5.63. The number of rotatable bonds is 4. The van der Waals surface area contributed by atoms with Crippen molar-refractivity contribution in [3.63, 3.8) is 0 Å². The number of hydrogen-bond donors (Lipinski definition) is 0. The molecule has 2 atom stereocenters. The molecule has 3 saturated heterocycles. The number of likely N-dealkylation sites (tertiary alicyclic amines) is 1. The van der Waals surface area contributed by atoms with Gasteiger partial charge in [-0.3, -0.25) is 4.90 Å². The van der Waals surface area contributed by atoms with Gasteiger partial charge in [0.05, 0.1) is 18.2 Å². The van der Waals surface area contributed by atoms with Crippen LogP contribution in [-0.4, -0.2) is 72.3 Å². The number of fused-ring (bicyclic) bond motifs is 1. The lowest BCUT2D eigenvalue weighted by molar-refractivity contribution is -0.137. The summed E-state index contributed by atoms with van der Waals surface area (Å²) in [5.41, 5.74) is -0.764. The van der Waals surface area contributed by atoms with Gasteiger partial charge in [0.25, 0.3) is 0 Å². The van der Waals surface area contributed by atoms with Gasteiger partial charge < -0.3 is 14.5 Å². The number of carbonyl (C=O) groups is 1. The van der Waals surface area contributed by atoms with Crippen LogP contribution in [0, 0.1) is 0 Å². The van der Waals surface area contributed by atoms with Crippen LogP contribution in [0.3, 0.4) is 0 Å². The maximum atomic E-state index is 12.7. The topological polar surface area (TPSA) is 48.9 Å². The second kappa shape index (κ2) is 7.18. The van der Waals surface area contributed by atoms with Crippen molar-refractivity contribution in [1.82, 2.24) is 14.8 Å². The van der Waals surface area contributed by atoms with Crippen LogP contribution in [0.5, 0.6) is 0 Å². The van der Waals surface area contributed by atoms with Crippen LogP contribution >= 0.6 is 0 Å². The van der Waals surface area contributed by atoms with Crippen LogP contribution in [0.25, 0.3) is 0 Å². The summed E-state index contributed by atoms with van der Waals surface area (Å²) in [7, 11) is 0. The normalized spacial score (nSPS) is 26.4. The summed E-state index contributed by atoms with van der Waals surface area (Å²) in [5.74, 6) is 0.476. The Morgan fingerprint density at radius 3 is 2.56 bits per heavy atom. The molecular formula is C18H23F3N4O2. The number of anilines is 1. The second-order valence-electron chi connectivity index (χ2n) is 7.39. The largest absolute Gasteiger partial charge is 0.442 e. The monoisotopic (exact) mass is 384 g/mol. The quantitative estimate of drug-likeness (QED) is 0.799. The lowest BCUT2D eigenvalue weighted by Gasteiger charge is -2.29. The van der Waals surface area contributed by atoms with Gasteiger partial charge in [0.2, 0.25) is 0 Å². The molecule has 1 aromatic heterocycles. The Bertz CT molecular complexity index is 676. The number of nitrogens with zero attached hydrogens (tertiary/aromatic N) is 4. The number of aromatic nitrogens is 1. The first-order valence-electron chi connectivity index (χ1n) is 9.39. The number of hydrogen-bond acceptors (Lipinski definition) is 5. The molecule has 0 bridgehead atoms. The van der Waals surface area contributed by atoms with E-state index in [0.717, 1.165) is 31.9 Å². The summed E-state index contributed by atoms with van der Waals surface area (Å²) in [6.07, 6.45) is -0.433. The van der Waals surface area contributed by atoms with E-state index in [-0.39, 0.29) is 18.2 Å². The fraction of sp³-hybridized carbons (Fsp3) is 0.667. The standard InChI is InChI=1S/C18H23F3N4O2/c19-18(20,21)13-4-5-16(22-10-13)24-11-14-15(12-24)27-17(26)25(14)9-8-23-6-2-1-3-7-23/h4-5,10,14-15H,1-3,6-9,11-12H2/t14-,15+/m0/s1. The zero-order valence-electron chi connectivity index (χ0n) is 15.0. The smallest absolute Gasteiger partial charge is 0.417 e. The first kappa shape index (κ1) is 18.3. The molecule has 9 heteroatoms. The van der Waals surface area contributed by atoms with E-state index in [1.807, 2.05) is 4.90 Å². The van der Waals surface area contributed by atoms with Crippen molar-refractivity contribution in [2.75, 3.05) is 44.2 Å². The lowest BCUT2D eigenvalue weighted by atomic mass is 10.1. The zero-order valence-corrected chi connectivity index (χ0v) is 15.0. The lowest BCUT2D eigenvalue weighted by Crippen LogP contribution is -2.43. The van der Waals surface area contributed by atoms with E-state index in [0.29, 0.717) is 25.5 Å². The molecule has 3 aliphatic heterocycles. The summed E-state index contributed by atoms with van der Waals surface area (Å²) in [4.78, 5) is 22.2. The number of alkyl halides is 3. The molecule has 0 spiro atoms. The van der Waals surface area contributed by atoms with Gasteiger partial charge in [0.1, 0.15) is 11.9 Å². The van der Waals surface area contributed by atoms with E-state index in [9.17, 15) is 18.0 Å². The number of pyridine rings is 1. The zero-order chi connectivity index (χ0) is 19.0. The van der Waals surface area contributed by atoms with Crippen molar-refractivity contribution in [3.8, 4) is 0 Å². The summed E-state index contributed by atoms with van der Waals surface area (Å²) >= 11 is 0. The molecule has 148 valence electrons. The van der Waals surface area contributed by atoms with Crippen LogP contribution in [-0.2, 0) is 10.9 Å². The summed E-state index contributed by atoms with van der Waals surface area (Å²) < 4.78 is 43.6. The number of ether oxygens (including phenoxy) is 1. The minimum Gasteiger partial charge on any atom is -0.442 e. The van der Waals surface area contributed by atoms with E-state index < -0.39 is 11.7 Å². The Kier molecular flexibility index (Phi) is 4.88. The Morgan fingerprint density at radius 2 is 1.89 bits per heavy atom. The average Bonchev–Trinajstić information content (AvgIpc) is 3.17. The van der Waals surface area contributed by atoms with Crippen LogP contribution < -0.4 is 4.90 Å². The molecule has 0 N–H and O–H groups in total. The van der Waals surface area contributed by atoms with Crippen molar-refractivity contribution in [1.29, 1.82) is 0 Å². The summed E-state index contributed by atoms with van der Waals surface area (Å²) in [6.45, 7) is 4.56. The number of carbonyl (C=O) groups excluding carboxylic acids is 1. The van der Waals surface area contributed by atoms with Crippen molar-refractivity contribution < 1.29 is 22.7 Å². The predicted octanol–water partition coefficient (Wildman–Crippen LogP) is 2.60. The average molecular weight is 384 g/mol. The molecule has 4 rings (SSSR count). The van der Waals surface area contributed by atoms with Gasteiger partial charge in [-0.1, -0.05) is 6.42 Å². The number of amides is 1. The fourth-order valence-corrected chi connectivity index (χ4v) is 4.12. The van der Waals surface area contributed by atoms with Gasteiger partial charge in [-0.25, -0.2) is 9.78 Å². The molecule has 0 aliphatic carbocycles. The molecule has 3 aliphatic rings. The van der Waals surface area contributed by atoms with Crippen LogP contribution in [0.4, 0.5) is 23.8 Å². The molecule has 0 saturated carbocycles. The highest BCUT2D eigenvalue weighted by Crippen LogP contribution is 2.32. The van der Waals surface area contributed by atoms with E-state index in [2.05, 4.69) is 9.88 Å². The highest BCUT2D eigenvalue weighted by Gasteiger charge is 2.48. The Morgan fingerprint density at radius 1 is 1.11 bits per heavy atom. The number of halogens is 3. The van der Waals surface area contributed by atoms with Gasteiger partial charge in [-0.2, -0.15) is 13.2 Å². The van der Waals surface area contributed by atoms with Crippen LogP contribution in [0.2, 0.25) is 0 Å². The van der Waals surface area contributed by atoms with E-state index in [1.54, 1.807) is 4.90 Å². The predicted molar refractivity (Wildman–Crippen MR) is 92.5 cm³/mol. The van der Waals surface area contributed by atoms with Gasteiger partial charge in [-0.05, 0) is 38.1 Å². The third-order valence-corrected chi connectivity index (χ3v) is 5.63. The van der Waals surface area contributed by atoms with Crippen LogP contribution in [0.1, 0.15) is 24.8 Å². The third kappa shape index (κ3) is 3.83. The summed E-state index contributed by atoms with van der Waals surface area (Å²) in [6, 6.07) is 2.34. The summed E-state index contributed by atoms with van der Waals surface area (Å²) in [5, 5.41) is 0. The molecule has 0 aromatic carbocycles. The van der Waals surface area contributed by atoms with Crippen molar-refractivity contribution in [2.24, 2.45) is 0 Å². The van der Waals surface area contributed by atoms with E-state index in [1.165, 1.54) is 25.3 Å². The molecule has 0 unspecified atom stereocenters. The highest BCUT2D eigenvalue weighted by molar-refractivity contribution is 5.71. The molecule has 3 fully saturated rings. The maximum absolute atomic E-state index is 12.7. The maximum Gasteiger partial charge on any atom is 0.417 e. The SMILES string of the molecule is O=C1O[C@@H]2CN(c3ccc(C(F)(F)F)cn3)C[C@@H]2N1CCN1CCCCC1. The van der Waals surface area contributed by atoms with Crippen molar-refractivity contribution >= 4 is 11.9 Å². The van der Waals surface area contributed by atoms with Crippen molar-refractivity contribution in [2.45, 2.75) is 37.6 Å². The molecule has 1 aromatic rings.